The summed E-state index contributed by atoms with van der Waals surface area (Å²) < 4.78 is 14.2. The molecule has 1 aromatic heterocycles. The first-order valence-corrected chi connectivity index (χ1v) is 11.0. The summed E-state index contributed by atoms with van der Waals surface area (Å²) in [7, 11) is 0. The van der Waals surface area contributed by atoms with E-state index in [9.17, 15) is 14.3 Å². The molecule has 0 saturated heterocycles. The van der Waals surface area contributed by atoms with Gasteiger partial charge in [0.25, 0.3) is 0 Å². The molecule has 0 unspecified atom stereocenters. The van der Waals surface area contributed by atoms with Crippen molar-refractivity contribution in [3.8, 4) is 23.0 Å². The van der Waals surface area contributed by atoms with E-state index in [1.54, 1.807) is 30.3 Å². The van der Waals surface area contributed by atoms with Gasteiger partial charge in [0.1, 0.15) is 5.82 Å². The summed E-state index contributed by atoms with van der Waals surface area (Å²) in [6, 6.07) is 19.4. The zero-order valence-electron chi connectivity index (χ0n) is 16.9. The van der Waals surface area contributed by atoms with E-state index in [4.69, 9.17) is 4.98 Å². The lowest BCUT2D eigenvalue weighted by atomic mass is 9.93. The molecule has 0 bridgehead atoms. The lowest BCUT2D eigenvalue weighted by Crippen LogP contribution is -1.99. The Balaban J connectivity index is 1.76. The van der Waals surface area contributed by atoms with Crippen LogP contribution in [0.3, 0.4) is 0 Å². The Labute approximate surface area is 193 Å². The lowest BCUT2D eigenvalue weighted by Gasteiger charge is -2.14. The molecule has 32 heavy (non-hydrogen) atoms. The summed E-state index contributed by atoms with van der Waals surface area (Å²) in [5.41, 5.74) is 5.22. The number of hydrogen-bond acceptors (Lipinski definition) is 2. The highest BCUT2D eigenvalue weighted by Gasteiger charge is 2.30. The molecular formula is C27H17BrFNO2. The Bertz CT molecular complexity index is 1430. The molecule has 1 heterocycles. The van der Waals surface area contributed by atoms with Crippen LogP contribution < -0.4 is 0 Å². The van der Waals surface area contributed by atoms with E-state index in [1.807, 2.05) is 24.3 Å². The van der Waals surface area contributed by atoms with Crippen LogP contribution in [-0.4, -0.2) is 16.1 Å². The zero-order chi connectivity index (χ0) is 22.2. The standard InChI is InChI=1S/C27H17BrFNO2/c28-23-14-6-16(15-22(23)27(31)32)5-13-21-25(17-9-11-19(29)12-10-17)20-3-1-2-4-24(20)30-26(21)18-7-8-18/h1-4,6,9-12,14-15,18H,7-8H2,(H,31,32). The minimum absolute atomic E-state index is 0.162. The number of benzene rings is 3. The van der Waals surface area contributed by atoms with Gasteiger partial charge in [-0.3, -0.25) is 4.98 Å². The van der Waals surface area contributed by atoms with Crippen molar-refractivity contribution in [2.24, 2.45) is 0 Å². The molecule has 3 aromatic carbocycles. The summed E-state index contributed by atoms with van der Waals surface area (Å²) in [6.07, 6.45) is 2.12. The average Bonchev–Trinajstić information content (AvgIpc) is 3.63. The smallest absolute Gasteiger partial charge is 0.336 e. The minimum Gasteiger partial charge on any atom is -0.478 e. The highest BCUT2D eigenvalue weighted by molar-refractivity contribution is 9.10. The molecule has 5 rings (SSSR count). The van der Waals surface area contributed by atoms with Crippen molar-refractivity contribution in [2.75, 3.05) is 0 Å². The molecule has 1 N–H and O–H groups in total. The number of hydrogen-bond donors (Lipinski definition) is 1. The van der Waals surface area contributed by atoms with Crippen LogP contribution in [0.15, 0.2) is 71.2 Å². The van der Waals surface area contributed by atoms with Gasteiger partial charge in [-0.1, -0.05) is 42.2 Å². The van der Waals surface area contributed by atoms with Crippen LogP contribution in [0.1, 0.15) is 45.9 Å². The number of carboxylic acid groups (broad SMARTS) is 1. The third-order valence-corrected chi connectivity index (χ3v) is 6.24. The molecule has 4 aromatic rings. The number of para-hydroxylation sites is 1. The number of aromatic nitrogens is 1. The van der Waals surface area contributed by atoms with E-state index >= 15 is 0 Å². The SMILES string of the molecule is O=C(O)c1cc(C#Cc2c(C3CC3)nc3ccccc3c2-c2ccc(F)cc2)ccc1Br. The van der Waals surface area contributed by atoms with E-state index < -0.39 is 5.97 Å². The molecule has 0 radical (unpaired) electrons. The van der Waals surface area contributed by atoms with Gasteiger partial charge in [-0.15, -0.1) is 0 Å². The topological polar surface area (TPSA) is 50.2 Å². The van der Waals surface area contributed by atoms with Gasteiger partial charge in [0.2, 0.25) is 0 Å². The third kappa shape index (κ3) is 3.90. The Morgan fingerprint density at radius 1 is 1.03 bits per heavy atom. The number of carbonyl (C=O) groups is 1. The van der Waals surface area contributed by atoms with Crippen LogP contribution in [0.2, 0.25) is 0 Å². The number of rotatable bonds is 3. The van der Waals surface area contributed by atoms with Crippen molar-refractivity contribution in [3.05, 3.63) is 99.4 Å². The fourth-order valence-electron chi connectivity index (χ4n) is 3.83. The summed E-state index contributed by atoms with van der Waals surface area (Å²) in [5.74, 6) is 5.48. The molecule has 156 valence electrons. The van der Waals surface area contributed by atoms with Gasteiger partial charge in [-0.05, 0) is 70.7 Å². The average molecular weight is 486 g/mol. The number of pyridine rings is 1. The molecule has 5 heteroatoms. The molecule has 0 atom stereocenters. The molecule has 1 aliphatic rings. The van der Waals surface area contributed by atoms with Gasteiger partial charge in [0.15, 0.2) is 0 Å². The summed E-state index contributed by atoms with van der Waals surface area (Å²) in [6.45, 7) is 0. The first-order chi connectivity index (χ1) is 15.5. The molecule has 1 saturated carbocycles. The van der Waals surface area contributed by atoms with E-state index in [2.05, 4.69) is 27.8 Å². The zero-order valence-corrected chi connectivity index (χ0v) is 18.5. The molecule has 1 aliphatic carbocycles. The Kier molecular flexibility index (Phi) is 5.24. The van der Waals surface area contributed by atoms with Crippen molar-refractivity contribution < 1.29 is 14.3 Å². The fraction of sp³-hybridized carbons (Fsp3) is 0.111. The van der Waals surface area contributed by atoms with Crippen molar-refractivity contribution >= 4 is 32.8 Å². The number of halogens is 2. The summed E-state index contributed by atoms with van der Waals surface area (Å²) in [5, 5.41) is 10.4. The minimum atomic E-state index is -1.02. The van der Waals surface area contributed by atoms with Crippen LogP contribution >= 0.6 is 15.9 Å². The van der Waals surface area contributed by atoms with Crippen LogP contribution in [0, 0.1) is 17.7 Å². The number of aromatic carboxylic acids is 1. The van der Waals surface area contributed by atoms with Gasteiger partial charge in [0.05, 0.1) is 22.3 Å². The van der Waals surface area contributed by atoms with Crippen molar-refractivity contribution in [1.82, 2.24) is 4.98 Å². The number of fused-ring (bicyclic) bond motifs is 1. The Morgan fingerprint density at radius 3 is 2.50 bits per heavy atom. The van der Waals surface area contributed by atoms with E-state index in [0.29, 0.717) is 16.0 Å². The van der Waals surface area contributed by atoms with E-state index in [1.165, 1.54) is 12.1 Å². The molecule has 0 amide bonds. The monoisotopic (exact) mass is 485 g/mol. The Morgan fingerprint density at radius 2 is 1.78 bits per heavy atom. The van der Waals surface area contributed by atoms with Crippen LogP contribution in [0.5, 0.6) is 0 Å². The second kappa shape index (κ2) is 8.22. The maximum absolute atomic E-state index is 13.6. The highest BCUT2D eigenvalue weighted by atomic mass is 79.9. The van der Waals surface area contributed by atoms with Crippen molar-refractivity contribution in [2.45, 2.75) is 18.8 Å². The van der Waals surface area contributed by atoms with Crippen LogP contribution in [-0.2, 0) is 0 Å². The number of carboxylic acids is 1. The third-order valence-electron chi connectivity index (χ3n) is 5.55. The second-order valence-electron chi connectivity index (χ2n) is 7.80. The van der Waals surface area contributed by atoms with Crippen molar-refractivity contribution in [3.63, 3.8) is 0 Å². The normalized spacial score (nSPS) is 12.9. The summed E-state index contributed by atoms with van der Waals surface area (Å²) in [4.78, 5) is 16.4. The highest BCUT2D eigenvalue weighted by Crippen LogP contribution is 2.44. The molecule has 0 aliphatic heterocycles. The van der Waals surface area contributed by atoms with Gasteiger partial charge in [-0.25, -0.2) is 9.18 Å². The van der Waals surface area contributed by atoms with E-state index in [-0.39, 0.29) is 11.4 Å². The Hall–Kier alpha value is -3.49. The van der Waals surface area contributed by atoms with Crippen LogP contribution in [0.4, 0.5) is 4.39 Å². The maximum atomic E-state index is 13.6. The van der Waals surface area contributed by atoms with Crippen LogP contribution in [0.25, 0.3) is 22.0 Å². The second-order valence-corrected chi connectivity index (χ2v) is 8.65. The molecular weight excluding hydrogens is 469 g/mol. The van der Waals surface area contributed by atoms with Gasteiger partial charge < -0.3 is 5.11 Å². The molecule has 3 nitrogen and oxygen atoms in total. The van der Waals surface area contributed by atoms with E-state index in [0.717, 1.165) is 46.1 Å². The predicted molar refractivity (Wildman–Crippen MR) is 126 cm³/mol. The first kappa shape index (κ1) is 20.4. The van der Waals surface area contributed by atoms with Gasteiger partial charge in [-0.2, -0.15) is 0 Å². The van der Waals surface area contributed by atoms with Gasteiger partial charge in [0, 0.05) is 26.9 Å². The largest absolute Gasteiger partial charge is 0.478 e. The first-order valence-electron chi connectivity index (χ1n) is 10.2. The van der Waals surface area contributed by atoms with Gasteiger partial charge >= 0.3 is 5.97 Å². The summed E-state index contributed by atoms with van der Waals surface area (Å²) >= 11 is 3.27. The van der Waals surface area contributed by atoms with Crippen molar-refractivity contribution in [1.29, 1.82) is 0 Å². The molecule has 0 spiro atoms. The number of nitrogens with zero attached hydrogens (tertiary/aromatic N) is 1. The lowest BCUT2D eigenvalue weighted by molar-refractivity contribution is 0.0696. The predicted octanol–water partition coefficient (Wildman–Crippen LogP) is 6.78. The maximum Gasteiger partial charge on any atom is 0.336 e. The quantitative estimate of drug-likeness (QED) is 0.325. The molecule has 1 fully saturated rings. The fourth-order valence-corrected chi connectivity index (χ4v) is 4.24.